The van der Waals surface area contributed by atoms with Gasteiger partial charge in [0.05, 0.1) is 17.4 Å². The van der Waals surface area contributed by atoms with Crippen molar-refractivity contribution in [3.63, 3.8) is 0 Å². The largest absolute Gasteiger partial charge is 0.302 e. The Kier molecular flexibility index (Phi) is 5.12. The smallest absolute Gasteiger partial charge is 0.215 e. The monoisotopic (exact) mass is 293 g/mol. The summed E-state index contributed by atoms with van der Waals surface area (Å²) in [6, 6.07) is 8.64. The van der Waals surface area contributed by atoms with E-state index in [0.29, 0.717) is 17.7 Å². The van der Waals surface area contributed by atoms with E-state index in [9.17, 15) is 8.42 Å². The Bertz CT molecular complexity index is 569. The molecule has 0 aromatic heterocycles. The van der Waals surface area contributed by atoms with Crippen LogP contribution in [-0.4, -0.2) is 39.5 Å². The minimum Gasteiger partial charge on any atom is -0.302 e. The SMILES string of the molecule is N#Cc1ccc(CS(=O)(=O)NCCN2CCCC2)cc1. The fraction of sp³-hybridized carbons (Fsp3) is 0.500. The minimum atomic E-state index is -3.31. The quantitative estimate of drug-likeness (QED) is 0.851. The maximum atomic E-state index is 11.9. The van der Waals surface area contributed by atoms with E-state index in [0.717, 1.165) is 19.6 Å². The summed E-state index contributed by atoms with van der Waals surface area (Å²) >= 11 is 0. The second kappa shape index (κ2) is 6.84. The number of benzene rings is 1. The number of nitrogens with zero attached hydrogens (tertiary/aromatic N) is 2. The van der Waals surface area contributed by atoms with E-state index in [1.54, 1.807) is 24.3 Å². The normalized spacial score (nSPS) is 16.1. The standard InChI is InChI=1S/C14H19N3O2S/c15-11-13-3-5-14(6-4-13)12-20(18,19)16-7-10-17-8-1-2-9-17/h3-6,16H,1-2,7-10,12H2. The Morgan fingerprint density at radius 1 is 1.20 bits per heavy atom. The van der Waals surface area contributed by atoms with E-state index in [2.05, 4.69) is 9.62 Å². The summed E-state index contributed by atoms with van der Waals surface area (Å²) in [6.07, 6.45) is 2.41. The molecule has 1 saturated heterocycles. The first-order valence-corrected chi connectivity index (χ1v) is 8.43. The van der Waals surface area contributed by atoms with Crippen molar-refractivity contribution in [3.05, 3.63) is 35.4 Å². The van der Waals surface area contributed by atoms with Crippen molar-refractivity contribution in [2.45, 2.75) is 18.6 Å². The number of rotatable bonds is 6. The molecular formula is C14H19N3O2S. The van der Waals surface area contributed by atoms with Gasteiger partial charge in [-0.25, -0.2) is 13.1 Å². The lowest BCUT2D eigenvalue weighted by Gasteiger charge is -2.14. The molecule has 20 heavy (non-hydrogen) atoms. The lowest BCUT2D eigenvalue weighted by atomic mass is 10.2. The van der Waals surface area contributed by atoms with Crippen molar-refractivity contribution in [2.75, 3.05) is 26.2 Å². The average Bonchev–Trinajstić information content (AvgIpc) is 2.92. The van der Waals surface area contributed by atoms with Crippen LogP contribution in [0.25, 0.3) is 0 Å². The molecule has 1 aliphatic rings. The van der Waals surface area contributed by atoms with Gasteiger partial charge in [-0.05, 0) is 43.6 Å². The topological polar surface area (TPSA) is 73.2 Å². The lowest BCUT2D eigenvalue weighted by Crippen LogP contribution is -2.34. The molecule has 0 amide bonds. The Labute approximate surface area is 120 Å². The number of nitriles is 1. The first-order valence-electron chi connectivity index (χ1n) is 6.78. The van der Waals surface area contributed by atoms with Gasteiger partial charge in [-0.1, -0.05) is 12.1 Å². The molecule has 1 heterocycles. The second-order valence-corrected chi connectivity index (χ2v) is 6.82. The van der Waals surface area contributed by atoms with Crippen molar-refractivity contribution < 1.29 is 8.42 Å². The van der Waals surface area contributed by atoms with Crippen LogP contribution >= 0.6 is 0 Å². The summed E-state index contributed by atoms with van der Waals surface area (Å²) in [5.74, 6) is -0.0429. The van der Waals surface area contributed by atoms with E-state index < -0.39 is 10.0 Å². The zero-order valence-electron chi connectivity index (χ0n) is 11.4. The van der Waals surface area contributed by atoms with Crippen LogP contribution in [0.5, 0.6) is 0 Å². The maximum Gasteiger partial charge on any atom is 0.215 e. The minimum absolute atomic E-state index is 0.0429. The van der Waals surface area contributed by atoms with Crippen LogP contribution < -0.4 is 4.72 Å². The van der Waals surface area contributed by atoms with Gasteiger partial charge < -0.3 is 4.90 Å². The molecule has 0 spiro atoms. The van der Waals surface area contributed by atoms with Crippen LogP contribution in [0.3, 0.4) is 0 Å². The Hall–Kier alpha value is -1.42. The van der Waals surface area contributed by atoms with Crippen molar-refractivity contribution in [3.8, 4) is 6.07 Å². The van der Waals surface area contributed by atoms with Crippen LogP contribution in [0.15, 0.2) is 24.3 Å². The summed E-state index contributed by atoms with van der Waals surface area (Å²) in [7, 11) is -3.31. The molecule has 0 radical (unpaired) electrons. The van der Waals surface area contributed by atoms with Gasteiger partial charge in [-0.3, -0.25) is 0 Å². The highest BCUT2D eigenvalue weighted by Crippen LogP contribution is 2.08. The first kappa shape index (κ1) is 15.0. The van der Waals surface area contributed by atoms with E-state index in [4.69, 9.17) is 5.26 Å². The van der Waals surface area contributed by atoms with Crippen LogP contribution in [0.1, 0.15) is 24.0 Å². The Balaban J connectivity index is 1.81. The molecule has 0 unspecified atom stereocenters. The number of nitrogens with one attached hydrogen (secondary N) is 1. The fourth-order valence-electron chi connectivity index (χ4n) is 2.31. The van der Waals surface area contributed by atoms with Gasteiger partial charge >= 0.3 is 0 Å². The molecule has 1 aliphatic heterocycles. The van der Waals surface area contributed by atoms with E-state index in [1.165, 1.54) is 12.8 Å². The summed E-state index contributed by atoms with van der Waals surface area (Å²) in [5.41, 5.74) is 1.23. The van der Waals surface area contributed by atoms with Gasteiger partial charge in [0.1, 0.15) is 0 Å². The van der Waals surface area contributed by atoms with Crippen LogP contribution in [0.2, 0.25) is 0 Å². The molecule has 0 aliphatic carbocycles. The van der Waals surface area contributed by atoms with Crippen LogP contribution in [-0.2, 0) is 15.8 Å². The molecule has 5 nitrogen and oxygen atoms in total. The highest BCUT2D eigenvalue weighted by molar-refractivity contribution is 7.88. The summed E-state index contributed by atoms with van der Waals surface area (Å²) in [4.78, 5) is 2.27. The van der Waals surface area contributed by atoms with Gasteiger partial charge in [0.2, 0.25) is 10.0 Å². The zero-order valence-corrected chi connectivity index (χ0v) is 12.2. The summed E-state index contributed by atoms with van der Waals surface area (Å²) in [5, 5.41) is 8.70. The van der Waals surface area contributed by atoms with Gasteiger partial charge in [0.15, 0.2) is 0 Å². The third kappa shape index (κ3) is 4.60. The molecule has 6 heteroatoms. The van der Waals surface area contributed by atoms with Crippen molar-refractivity contribution in [1.82, 2.24) is 9.62 Å². The maximum absolute atomic E-state index is 11.9. The van der Waals surface area contributed by atoms with Crippen molar-refractivity contribution >= 4 is 10.0 Å². The predicted octanol–water partition coefficient (Wildman–Crippen LogP) is 1.07. The van der Waals surface area contributed by atoms with Crippen molar-refractivity contribution in [2.24, 2.45) is 0 Å². The van der Waals surface area contributed by atoms with E-state index >= 15 is 0 Å². The number of sulfonamides is 1. The van der Waals surface area contributed by atoms with Crippen molar-refractivity contribution in [1.29, 1.82) is 5.26 Å². The lowest BCUT2D eigenvalue weighted by molar-refractivity contribution is 0.344. The highest BCUT2D eigenvalue weighted by atomic mass is 32.2. The van der Waals surface area contributed by atoms with E-state index in [1.807, 2.05) is 6.07 Å². The zero-order chi connectivity index (χ0) is 14.4. The number of hydrogen-bond donors (Lipinski definition) is 1. The molecule has 1 aromatic carbocycles. The molecule has 1 fully saturated rings. The molecule has 1 aromatic rings. The van der Waals surface area contributed by atoms with Gasteiger partial charge in [-0.2, -0.15) is 5.26 Å². The molecule has 108 valence electrons. The number of likely N-dealkylation sites (tertiary alicyclic amines) is 1. The van der Waals surface area contributed by atoms with Crippen LogP contribution in [0, 0.1) is 11.3 Å². The summed E-state index contributed by atoms with van der Waals surface area (Å²) in [6.45, 7) is 3.36. The molecule has 1 N–H and O–H groups in total. The van der Waals surface area contributed by atoms with Gasteiger partial charge in [0.25, 0.3) is 0 Å². The third-order valence-electron chi connectivity index (χ3n) is 3.39. The van der Waals surface area contributed by atoms with Crippen LogP contribution in [0.4, 0.5) is 0 Å². The Morgan fingerprint density at radius 3 is 2.45 bits per heavy atom. The molecule has 0 atom stereocenters. The van der Waals surface area contributed by atoms with E-state index in [-0.39, 0.29) is 5.75 Å². The number of hydrogen-bond acceptors (Lipinski definition) is 4. The Morgan fingerprint density at radius 2 is 1.85 bits per heavy atom. The molecule has 0 bridgehead atoms. The first-order chi connectivity index (χ1) is 9.59. The fourth-order valence-corrected chi connectivity index (χ4v) is 3.45. The van der Waals surface area contributed by atoms with Gasteiger partial charge in [0, 0.05) is 13.1 Å². The second-order valence-electron chi connectivity index (χ2n) is 5.01. The molecule has 0 saturated carbocycles. The highest BCUT2D eigenvalue weighted by Gasteiger charge is 2.14. The third-order valence-corrected chi connectivity index (χ3v) is 4.75. The average molecular weight is 293 g/mol. The molecular weight excluding hydrogens is 274 g/mol. The predicted molar refractivity (Wildman–Crippen MR) is 77.5 cm³/mol. The molecule has 2 rings (SSSR count). The summed E-state index contributed by atoms with van der Waals surface area (Å²) < 4.78 is 26.5. The van der Waals surface area contributed by atoms with Gasteiger partial charge in [-0.15, -0.1) is 0 Å².